The van der Waals surface area contributed by atoms with E-state index >= 15 is 0 Å². The van der Waals surface area contributed by atoms with Crippen LogP contribution in [0.3, 0.4) is 0 Å². The van der Waals surface area contributed by atoms with Gasteiger partial charge in [0.2, 0.25) is 0 Å². The fraction of sp³-hybridized carbons (Fsp3) is 0.833. The van der Waals surface area contributed by atoms with Crippen LogP contribution in [0, 0.1) is 11.3 Å². The standard InChI is InChI=1S/C12H18O3/c1-7-8(13)6-10(14)12(2,3)11-5-4-9(7)15-11/h7,9,11H,4-6H2,1-3H3/t7-,9+,11-/m0/s1. The highest BCUT2D eigenvalue weighted by molar-refractivity contribution is 6.03. The van der Waals surface area contributed by atoms with Crippen molar-refractivity contribution < 1.29 is 14.3 Å². The molecule has 0 radical (unpaired) electrons. The van der Waals surface area contributed by atoms with Gasteiger partial charge in [-0.2, -0.15) is 0 Å². The van der Waals surface area contributed by atoms with Crippen LogP contribution < -0.4 is 0 Å². The second kappa shape index (κ2) is 3.41. The number of Topliss-reactive ketones (excluding diaryl/α,β-unsaturated/α-hetero) is 2. The van der Waals surface area contributed by atoms with Gasteiger partial charge in [-0.25, -0.2) is 0 Å². The van der Waals surface area contributed by atoms with Gasteiger partial charge in [0.25, 0.3) is 0 Å². The van der Waals surface area contributed by atoms with Crippen molar-refractivity contribution in [1.29, 1.82) is 0 Å². The van der Waals surface area contributed by atoms with Crippen molar-refractivity contribution in [3.63, 3.8) is 0 Å². The first-order chi connectivity index (χ1) is 6.93. The molecule has 2 aliphatic heterocycles. The van der Waals surface area contributed by atoms with Crippen molar-refractivity contribution in [1.82, 2.24) is 0 Å². The Morgan fingerprint density at radius 1 is 1.27 bits per heavy atom. The SMILES string of the molecule is C[C@H]1C(=O)CC(=O)C(C)(C)[C@@H]2CC[C@H]1O2. The maximum absolute atomic E-state index is 11.9. The third kappa shape index (κ3) is 1.63. The Labute approximate surface area is 90.2 Å². The van der Waals surface area contributed by atoms with E-state index in [-0.39, 0.29) is 36.1 Å². The van der Waals surface area contributed by atoms with E-state index in [9.17, 15) is 9.59 Å². The van der Waals surface area contributed by atoms with E-state index in [0.717, 1.165) is 12.8 Å². The molecule has 0 spiro atoms. The van der Waals surface area contributed by atoms with Gasteiger partial charge in [-0.3, -0.25) is 9.59 Å². The van der Waals surface area contributed by atoms with Gasteiger partial charge >= 0.3 is 0 Å². The molecule has 0 unspecified atom stereocenters. The van der Waals surface area contributed by atoms with Crippen LogP contribution >= 0.6 is 0 Å². The predicted molar refractivity (Wildman–Crippen MR) is 55.5 cm³/mol. The van der Waals surface area contributed by atoms with Crippen LogP contribution in [0.1, 0.15) is 40.0 Å². The number of hydrogen-bond acceptors (Lipinski definition) is 3. The summed E-state index contributed by atoms with van der Waals surface area (Å²) >= 11 is 0. The Kier molecular flexibility index (Phi) is 2.45. The van der Waals surface area contributed by atoms with Crippen LogP contribution in [-0.4, -0.2) is 23.8 Å². The lowest BCUT2D eigenvalue weighted by Gasteiger charge is -2.33. The average molecular weight is 210 g/mol. The summed E-state index contributed by atoms with van der Waals surface area (Å²) in [6.45, 7) is 5.66. The third-order valence-corrected chi connectivity index (χ3v) is 3.98. The van der Waals surface area contributed by atoms with Crippen molar-refractivity contribution in [2.45, 2.75) is 52.2 Å². The third-order valence-electron chi connectivity index (χ3n) is 3.98. The summed E-state index contributed by atoms with van der Waals surface area (Å²) < 4.78 is 5.83. The molecule has 2 rings (SSSR count). The van der Waals surface area contributed by atoms with Gasteiger partial charge in [-0.05, 0) is 12.8 Å². The van der Waals surface area contributed by atoms with Gasteiger partial charge in [0.1, 0.15) is 11.6 Å². The lowest BCUT2D eigenvalue weighted by atomic mass is 9.78. The molecule has 0 amide bonds. The van der Waals surface area contributed by atoms with Gasteiger partial charge in [-0.15, -0.1) is 0 Å². The van der Waals surface area contributed by atoms with Crippen molar-refractivity contribution in [2.75, 3.05) is 0 Å². The first kappa shape index (κ1) is 10.8. The van der Waals surface area contributed by atoms with E-state index in [0.29, 0.717) is 0 Å². The first-order valence-electron chi connectivity index (χ1n) is 5.64. The Morgan fingerprint density at radius 3 is 2.60 bits per heavy atom. The predicted octanol–water partition coefficient (Wildman–Crippen LogP) is 1.74. The van der Waals surface area contributed by atoms with E-state index in [1.165, 1.54) is 0 Å². The Bertz CT molecular complexity index is 306. The Hall–Kier alpha value is -0.700. The monoisotopic (exact) mass is 210 g/mol. The molecule has 0 aromatic heterocycles. The van der Waals surface area contributed by atoms with Crippen LogP contribution in [0.25, 0.3) is 0 Å². The number of fused-ring (bicyclic) bond motifs is 2. The fourth-order valence-corrected chi connectivity index (χ4v) is 2.50. The van der Waals surface area contributed by atoms with Crippen molar-refractivity contribution in [3.05, 3.63) is 0 Å². The summed E-state index contributed by atoms with van der Waals surface area (Å²) in [5, 5.41) is 0. The van der Waals surface area contributed by atoms with E-state index < -0.39 is 5.41 Å². The first-order valence-corrected chi connectivity index (χ1v) is 5.64. The summed E-state index contributed by atoms with van der Waals surface area (Å²) in [6.07, 6.45) is 1.94. The summed E-state index contributed by atoms with van der Waals surface area (Å²) in [4.78, 5) is 23.7. The molecular weight excluding hydrogens is 192 g/mol. The van der Waals surface area contributed by atoms with Gasteiger partial charge in [-0.1, -0.05) is 20.8 Å². The minimum Gasteiger partial charge on any atom is -0.373 e. The lowest BCUT2D eigenvalue weighted by molar-refractivity contribution is -0.147. The lowest BCUT2D eigenvalue weighted by Crippen LogP contribution is -2.42. The van der Waals surface area contributed by atoms with E-state index in [4.69, 9.17) is 4.74 Å². The normalized spacial score (nSPS) is 40.1. The van der Waals surface area contributed by atoms with Crippen molar-refractivity contribution >= 4 is 11.6 Å². The number of ketones is 2. The smallest absolute Gasteiger partial charge is 0.148 e. The molecule has 84 valence electrons. The summed E-state index contributed by atoms with van der Waals surface area (Å²) in [5.41, 5.74) is -0.495. The number of carbonyl (C=O) groups is 2. The summed E-state index contributed by atoms with van der Waals surface area (Å²) in [7, 11) is 0. The van der Waals surface area contributed by atoms with Crippen LogP contribution in [0.4, 0.5) is 0 Å². The van der Waals surface area contributed by atoms with E-state index in [1.54, 1.807) is 0 Å². The molecule has 2 fully saturated rings. The summed E-state index contributed by atoms with van der Waals surface area (Å²) in [5.74, 6) is -0.0434. The van der Waals surface area contributed by atoms with E-state index in [1.807, 2.05) is 20.8 Å². The molecule has 2 heterocycles. The average Bonchev–Trinajstić information content (AvgIpc) is 2.64. The molecular formula is C12H18O3. The van der Waals surface area contributed by atoms with Crippen LogP contribution in [0.5, 0.6) is 0 Å². The minimum absolute atomic E-state index is 0.00514. The molecule has 3 atom stereocenters. The summed E-state index contributed by atoms with van der Waals surface area (Å²) in [6, 6.07) is 0. The van der Waals surface area contributed by atoms with Gasteiger partial charge < -0.3 is 4.74 Å². The second-order valence-corrected chi connectivity index (χ2v) is 5.32. The van der Waals surface area contributed by atoms with Crippen molar-refractivity contribution in [3.8, 4) is 0 Å². The topological polar surface area (TPSA) is 43.4 Å². The van der Waals surface area contributed by atoms with Gasteiger partial charge in [0.15, 0.2) is 0 Å². The van der Waals surface area contributed by atoms with E-state index in [2.05, 4.69) is 0 Å². The molecule has 2 bridgehead atoms. The van der Waals surface area contributed by atoms with Crippen LogP contribution in [-0.2, 0) is 14.3 Å². The molecule has 2 saturated heterocycles. The molecule has 0 aliphatic carbocycles. The largest absolute Gasteiger partial charge is 0.373 e. The fourth-order valence-electron chi connectivity index (χ4n) is 2.50. The molecule has 15 heavy (non-hydrogen) atoms. The molecule has 0 aromatic rings. The molecule has 0 saturated carbocycles. The molecule has 3 nitrogen and oxygen atoms in total. The molecule has 3 heteroatoms. The number of hydrogen-bond donors (Lipinski definition) is 0. The van der Waals surface area contributed by atoms with Crippen LogP contribution in [0.2, 0.25) is 0 Å². The molecule has 2 aliphatic rings. The Morgan fingerprint density at radius 2 is 1.93 bits per heavy atom. The second-order valence-electron chi connectivity index (χ2n) is 5.32. The molecule has 0 N–H and O–H groups in total. The zero-order chi connectivity index (χ0) is 11.2. The number of ether oxygens (including phenoxy) is 1. The van der Waals surface area contributed by atoms with Crippen molar-refractivity contribution in [2.24, 2.45) is 11.3 Å². The maximum atomic E-state index is 11.9. The zero-order valence-corrected chi connectivity index (χ0v) is 9.58. The highest BCUT2D eigenvalue weighted by Crippen LogP contribution is 2.40. The number of rotatable bonds is 0. The zero-order valence-electron chi connectivity index (χ0n) is 9.58. The minimum atomic E-state index is -0.495. The highest BCUT2D eigenvalue weighted by atomic mass is 16.5. The highest BCUT2D eigenvalue weighted by Gasteiger charge is 2.47. The molecule has 0 aromatic carbocycles. The van der Waals surface area contributed by atoms with Gasteiger partial charge in [0.05, 0.1) is 18.6 Å². The maximum Gasteiger partial charge on any atom is 0.148 e. The van der Waals surface area contributed by atoms with Crippen LogP contribution in [0.15, 0.2) is 0 Å². The van der Waals surface area contributed by atoms with Gasteiger partial charge in [0, 0.05) is 11.3 Å². The Balaban J connectivity index is 2.30. The quantitative estimate of drug-likeness (QED) is 0.572. The number of carbonyl (C=O) groups excluding carboxylic acids is 2.